The van der Waals surface area contributed by atoms with E-state index in [1.165, 1.54) is 4.90 Å². The molecule has 170 valence electrons. The first-order chi connectivity index (χ1) is 15.3. The highest BCUT2D eigenvalue weighted by molar-refractivity contribution is 6.35. The van der Waals surface area contributed by atoms with E-state index in [1.807, 2.05) is 50.2 Å². The third-order valence-electron chi connectivity index (χ3n) is 5.68. The largest absolute Gasteiger partial charge is 0.493 e. The van der Waals surface area contributed by atoms with E-state index in [2.05, 4.69) is 0 Å². The van der Waals surface area contributed by atoms with Gasteiger partial charge >= 0.3 is 0 Å². The van der Waals surface area contributed by atoms with Gasteiger partial charge in [-0.1, -0.05) is 29.8 Å². The number of nitrogens with zero attached hydrogens (tertiary/aromatic N) is 2. The lowest BCUT2D eigenvalue weighted by Gasteiger charge is -2.20. The Kier molecular flexibility index (Phi) is 7.20. The Morgan fingerprint density at radius 2 is 1.69 bits per heavy atom. The number of aliphatic hydroxyl groups is 1. The van der Waals surface area contributed by atoms with Gasteiger partial charge in [-0.15, -0.1) is 0 Å². The number of hydrogen-bond donors (Lipinski definition) is 1. The predicted molar refractivity (Wildman–Crippen MR) is 123 cm³/mol. The summed E-state index contributed by atoms with van der Waals surface area (Å²) in [5.74, 6) is 0.557. The molecule has 1 N–H and O–H groups in total. The van der Waals surface area contributed by atoms with E-state index in [-0.39, 0.29) is 31.5 Å². The maximum atomic E-state index is 13.4. The Labute approximate surface area is 188 Å². The van der Waals surface area contributed by atoms with Crippen LogP contribution in [0.1, 0.15) is 22.3 Å². The summed E-state index contributed by atoms with van der Waals surface area (Å²) in [5.41, 5.74) is 4.38. The third-order valence-corrected chi connectivity index (χ3v) is 5.68. The van der Waals surface area contributed by atoms with E-state index in [0.717, 1.165) is 22.3 Å². The molecule has 3 rings (SSSR count). The number of aliphatic hydroxyl groups excluding tert-OH is 1. The van der Waals surface area contributed by atoms with E-state index in [4.69, 9.17) is 9.47 Å². The van der Waals surface area contributed by atoms with Crippen molar-refractivity contribution in [2.45, 2.75) is 20.3 Å². The number of likely N-dealkylation sites (N-methyl/N-ethyl adjacent to an activating group) is 1. The van der Waals surface area contributed by atoms with Crippen LogP contribution in [0, 0.1) is 13.8 Å². The summed E-state index contributed by atoms with van der Waals surface area (Å²) < 4.78 is 10.6. The average Bonchev–Trinajstić information content (AvgIpc) is 3.01. The molecule has 1 aliphatic rings. The molecule has 7 nitrogen and oxygen atoms in total. The summed E-state index contributed by atoms with van der Waals surface area (Å²) in [6.45, 7) is 4.29. The zero-order valence-electron chi connectivity index (χ0n) is 19.3. The van der Waals surface area contributed by atoms with Gasteiger partial charge in [-0.2, -0.15) is 0 Å². The number of ether oxygens (including phenoxy) is 2. The van der Waals surface area contributed by atoms with Crippen molar-refractivity contribution in [3.8, 4) is 11.5 Å². The van der Waals surface area contributed by atoms with Crippen LogP contribution in [0.4, 0.5) is 0 Å². The fourth-order valence-corrected chi connectivity index (χ4v) is 4.00. The van der Waals surface area contributed by atoms with Crippen molar-refractivity contribution in [2.24, 2.45) is 0 Å². The zero-order valence-corrected chi connectivity index (χ0v) is 19.3. The van der Waals surface area contributed by atoms with Crippen LogP contribution in [0.15, 0.2) is 42.1 Å². The minimum atomic E-state index is -0.346. The van der Waals surface area contributed by atoms with Gasteiger partial charge in [0.1, 0.15) is 5.70 Å². The SMILES string of the molecule is COc1ccc(CCN2C(=O)C(c3ccc(C)cc3C)=C(N(C)CCO)C2=O)cc1OC. The fraction of sp³-hybridized carbons (Fsp3) is 0.360. The first kappa shape index (κ1) is 23.3. The number of amides is 2. The Balaban J connectivity index is 1.92. The van der Waals surface area contributed by atoms with Gasteiger partial charge in [0.15, 0.2) is 11.5 Å². The van der Waals surface area contributed by atoms with Crippen LogP contribution >= 0.6 is 0 Å². The molecular formula is C25H30N2O5. The number of aryl methyl sites for hydroxylation is 2. The van der Waals surface area contributed by atoms with E-state index >= 15 is 0 Å². The smallest absolute Gasteiger partial charge is 0.277 e. The monoisotopic (exact) mass is 438 g/mol. The lowest BCUT2D eigenvalue weighted by atomic mass is 9.97. The molecule has 0 spiro atoms. The molecule has 0 aromatic heterocycles. The van der Waals surface area contributed by atoms with Crippen LogP contribution in [0.2, 0.25) is 0 Å². The van der Waals surface area contributed by atoms with E-state index in [9.17, 15) is 14.7 Å². The molecule has 0 aliphatic carbocycles. The molecule has 32 heavy (non-hydrogen) atoms. The maximum absolute atomic E-state index is 13.4. The molecule has 0 saturated carbocycles. The molecular weight excluding hydrogens is 408 g/mol. The summed E-state index contributed by atoms with van der Waals surface area (Å²) in [6, 6.07) is 11.4. The zero-order chi connectivity index (χ0) is 23.4. The molecule has 1 aliphatic heterocycles. The van der Waals surface area contributed by atoms with E-state index in [0.29, 0.717) is 29.2 Å². The van der Waals surface area contributed by atoms with E-state index < -0.39 is 0 Å². The van der Waals surface area contributed by atoms with Crippen LogP contribution in [-0.4, -0.2) is 67.7 Å². The normalized spacial score (nSPS) is 13.8. The number of methoxy groups -OCH3 is 2. The molecule has 0 fully saturated rings. The number of imide groups is 1. The molecule has 1 heterocycles. The summed E-state index contributed by atoms with van der Waals surface area (Å²) in [4.78, 5) is 29.7. The number of carbonyl (C=O) groups is 2. The second-order valence-electron chi connectivity index (χ2n) is 7.89. The van der Waals surface area contributed by atoms with Crippen molar-refractivity contribution in [1.82, 2.24) is 9.80 Å². The Morgan fingerprint density at radius 1 is 0.969 bits per heavy atom. The van der Waals surface area contributed by atoms with Crippen molar-refractivity contribution < 1.29 is 24.2 Å². The number of hydrogen-bond acceptors (Lipinski definition) is 6. The highest BCUT2D eigenvalue weighted by atomic mass is 16.5. The number of rotatable bonds is 9. The van der Waals surface area contributed by atoms with Crippen molar-refractivity contribution in [1.29, 1.82) is 0 Å². The van der Waals surface area contributed by atoms with Crippen LogP contribution in [-0.2, 0) is 16.0 Å². The number of carbonyl (C=O) groups excluding carboxylic acids is 2. The van der Waals surface area contributed by atoms with Crippen molar-refractivity contribution >= 4 is 17.4 Å². The molecule has 0 unspecified atom stereocenters. The fourth-order valence-electron chi connectivity index (χ4n) is 4.00. The Morgan fingerprint density at radius 3 is 2.31 bits per heavy atom. The van der Waals surface area contributed by atoms with Gasteiger partial charge in [0.25, 0.3) is 11.8 Å². The summed E-state index contributed by atoms with van der Waals surface area (Å²) >= 11 is 0. The standard InChI is InChI=1S/C25H30N2O5/c1-16-6-8-19(17(2)14-16)22-23(26(3)12-13-28)25(30)27(24(22)29)11-10-18-7-9-20(31-4)21(15-18)32-5/h6-9,14-15,28H,10-13H2,1-5H3. The van der Waals surface area contributed by atoms with Gasteiger partial charge in [0, 0.05) is 20.1 Å². The molecule has 0 bridgehead atoms. The Hall–Kier alpha value is -3.32. The Bertz CT molecular complexity index is 1060. The highest BCUT2D eigenvalue weighted by Crippen LogP contribution is 2.33. The van der Waals surface area contributed by atoms with Gasteiger partial charge in [-0.25, -0.2) is 0 Å². The molecule has 2 amide bonds. The molecule has 0 saturated heterocycles. The molecule has 2 aromatic carbocycles. The lowest BCUT2D eigenvalue weighted by Crippen LogP contribution is -2.36. The third kappa shape index (κ3) is 4.48. The predicted octanol–water partition coefficient (Wildman–Crippen LogP) is 2.57. The number of benzene rings is 2. The first-order valence-electron chi connectivity index (χ1n) is 10.5. The van der Waals surface area contributed by atoms with Crippen molar-refractivity contribution in [3.05, 3.63) is 64.3 Å². The minimum Gasteiger partial charge on any atom is -0.493 e. The van der Waals surface area contributed by atoms with Crippen molar-refractivity contribution in [2.75, 3.05) is 41.0 Å². The van der Waals surface area contributed by atoms with Crippen molar-refractivity contribution in [3.63, 3.8) is 0 Å². The van der Waals surface area contributed by atoms with Crippen LogP contribution in [0.5, 0.6) is 11.5 Å². The lowest BCUT2D eigenvalue weighted by molar-refractivity contribution is -0.137. The van der Waals surface area contributed by atoms with E-state index in [1.54, 1.807) is 26.2 Å². The topological polar surface area (TPSA) is 79.3 Å². The molecule has 0 radical (unpaired) electrons. The van der Waals surface area contributed by atoms with Crippen LogP contribution in [0.25, 0.3) is 5.57 Å². The molecule has 2 aromatic rings. The van der Waals surface area contributed by atoms with Gasteiger partial charge in [0.05, 0.1) is 26.4 Å². The van der Waals surface area contributed by atoms with Gasteiger partial charge in [-0.3, -0.25) is 14.5 Å². The summed E-state index contributed by atoms with van der Waals surface area (Å²) in [5, 5.41) is 9.41. The summed E-state index contributed by atoms with van der Waals surface area (Å²) in [6.07, 6.45) is 0.481. The average molecular weight is 439 g/mol. The quantitative estimate of drug-likeness (QED) is 0.607. The van der Waals surface area contributed by atoms with Gasteiger partial charge < -0.3 is 19.5 Å². The first-order valence-corrected chi connectivity index (χ1v) is 10.5. The maximum Gasteiger partial charge on any atom is 0.277 e. The molecule has 0 atom stereocenters. The second kappa shape index (κ2) is 9.87. The highest BCUT2D eigenvalue weighted by Gasteiger charge is 2.40. The van der Waals surface area contributed by atoms with Crippen LogP contribution in [0.3, 0.4) is 0 Å². The minimum absolute atomic E-state index is 0.118. The van der Waals surface area contributed by atoms with Crippen LogP contribution < -0.4 is 9.47 Å². The van der Waals surface area contributed by atoms with Gasteiger partial charge in [0.2, 0.25) is 0 Å². The second-order valence-corrected chi connectivity index (χ2v) is 7.89. The summed E-state index contributed by atoms with van der Waals surface area (Å²) in [7, 11) is 4.86. The molecule has 7 heteroatoms. The van der Waals surface area contributed by atoms with Gasteiger partial charge in [-0.05, 0) is 49.1 Å².